The molecule has 168 valence electrons. The molecule has 1 unspecified atom stereocenters. The first-order chi connectivity index (χ1) is 14.4. The molecule has 31 heavy (non-hydrogen) atoms. The summed E-state index contributed by atoms with van der Waals surface area (Å²) in [5, 5.41) is 23.6. The van der Waals surface area contributed by atoms with Gasteiger partial charge in [-0.25, -0.2) is 0 Å². The number of rotatable bonds is 11. The first-order valence-corrected chi connectivity index (χ1v) is 10.1. The van der Waals surface area contributed by atoms with E-state index in [-0.39, 0.29) is 29.8 Å². The van der Waals surface area contributed by atoms with E-state index in [9.17, 15) is 15.0 Å². The number of phenolic OH excluding ortho intramolecular Hbond substituents is 2. The predicted octanol–water partition coefficient (Wildman–Crippen LogP) is 4.04. The Morgan fingerprint density at radius 3 is 2.35 bits per heavy atom. The molecule has 2 aromatic rings. The molecule has 2 aromatic carbocycles. The van der Waals surface area contributed by atoms with Gasteiger partial charge < -0.3 is 27.0 Å². The van der Waals surface area contributed by atoms with Gasteiger partial charge in [0.2, 0.25) is 5.91 Å². The van der Waals surface area contributed by atoms with Crippen molar-refractivity contribution < 1.29 is 15.0 Å². The van der Waals surface area contributed by atoms with Crippen LogP contribution in [0.4, 0.5) is 5.69 Å². The van der Waals surface area contributed by atoms with Gasteiger partial charge >= 0.3 is 0 Å². The second-order valence-corrected chi connectivity index (χ2v) is 7.20. The van der Waals surface area contributed by atoms with Gasteiger partial charge in [-0.15, -0.1) is 25.6 Å². The summed E-state index contributed by atoms with van der Waals surface area (Å²) < 4.78 is 0. The molecule has 1 atom stereocenters. The van der Waals surface area contributed by atoms with Gasteiger partial charge in [-0.1, -0.05) is 36.8 Å². The van der Waals surface area contributed by atoms with Crippen LogP contribution in [0.5, 0.6) is 11.5 Å². The standard InChI is InChI=1S/C24H31N3O3.ClH/c1-3-8-16-10-7-11-18(19-14-17(9-4-2)21(28)15-22(19)29)23(16)27-24(30)20(26)12-5-6-13-25;/h3-4,7,10-11,14-15,20,28-29H,1-2,5-6,8-9,12-13,25-26H2,(H,27,30);1H. The number of benzene rings is 2. The van der Waals surface area contributed by atoms with Crippen molar-refractivity contribution in [3.63, 3.8) is 0 Å². The van der Waals surface area contributed by atoms with E-state index in [1.807, 2.05) is 18.2 Å². The molecule has 6 nitrogen and oxygen atoms in total. The number of anilines is 1. The van der Waals surface area contributed by atoms with Crippen molar-refractivity contribution in [3.8, 4) is 22.6 Å². The molecule has 1 amide bonds. The van der Waals surface area contributed by atoms with Gasteiger partial charge in [0.25, 0.3) is 0 Å². The molecule has 0 heterocycles. The fourth-order valence-electron chi connectivity index (χ4n) is 3.31. The molecule has 0 bridgehead atoms. The maximum Gasteiger partial charge on any atom is 0.241 e. The second kappa shape index (κ2) is 12.8. The molecule has 0 aliphatic rings. The number of phenols is 2. The largest absolute Gasteiger partial charge is 0.508 e. The van der Waals surface area contributed by atoms with E-state index in [2.05, 4.69) is 18.5 Å². The molecular weight excluding hydrogens is 414 g/mol. The van der Waals surface area contributed by atoms with E-state index < -0.39 is 6.04 Å². The Morgan fingerprint density at radius 2 is 1.71 bits per heavy atom. The van der Waals surface area contributed by atoms with Crippen molar-refractivity contribution in [1.82, 2.24) is 0 Å². The summed E-state index contributed by atoms with van der Waals surface area (Å²) in [6.45, 7) is 8.06. The van der Waals surface area contributed by atoms with Crippen LogP contribution < -0.4 is 16.8 Å². The fourth-order valence-corrected chi connectivity index (χ4v) is 3.31. The Hall–Kier alpha value is -2.80. The number of para-hydroxylation sites is 1. The fraction of sp³-hybridized carbons (Fsp3) is 0.292. The van der Waals surface area contributed by atoms with Crippen molar-refractivity contribution >= 4 is 24.0 Å². The summed E-state index contributed by atoms with van der Waals surface area (Å²) in [7, 11) is 0. The maximum atomic E-state index is 12.7. The molecule has 0 aliphatic carbocycles. The van der Waals surface area contributed by atoms with E-state index in [1.54, 1.807) is 18.2 Å². The molecule has 2 rings (SSSR count). The average Bonchev–Trinajstić information content (AvgIpc) is 2.71. The number of halogens is 1. The lowest BCUT2D eigenvalue weighted by Gasteiger charge is -2.19. The van der Waals surface area contributed by atoms with Gasteiger partial charge in [0.1, 0.15) is 11.5 Å². The highest BCUT2D eigenvalue weighted by Crippen LogP contribution is 2.40. The van der Waals surface area contributed by atoms with E-state index in [0.29, 0.717) is 48.2 Å². The van der Waals surface area contributed by atoms with Gasteiger partial charge in [0.15, 0.2) is 0 Å². The van der Waals surface area contributed by atoms with E-state index >= 15 is 0 Å². The van der Waals surface area contributed by atoms with Crippen LogP contribution in [0.3, 0.4) is 0 Å². The van der Waals surface area contributed by atoms with Crippen LogP contribution in [-0.4, -0.2) is 28.7 Å². The third-order valence-corrected chi connectivity index (χ3v) is 4.92. The van der Waals surface area contributed by atoms with Gasteiger partial charge in [0.05, 0.1) is 11.7 Å². The van der Waals surface area contributed by atoms with Crippen LogP contribution in [0, 0.1) is 0 Å². The highest BCUT2D eigenvalue weighted by molar-refractivity contribution is 6.00. The highest BCUT2D eigenvalue weighted by atomic mass is 35.5. The molecule has 0 aromatic heterocycles. The molecular formula is C24H32ClN3O3. The van der Waals surface area contributed by atoms with Crippen LogP contribution in [0.1, 0.15) is 30.4 Å². The minimum atomic E-state index is -0.661. The van der Waals surface area contributed by atoms with Crippen molar-refractivity contribution in [2.45, 2.75) is 38.1 Å². The SMILES string of the molecule is C=CCc1cc(-c2cccc(CC=C)c2NC(=O)C(N)CCCCN)c(O)cc1O.Cl. The summed E-state index contributed by atoms with van der Waals surface area (Å²) in [5.41, 5.74) is 14.8. The van der Waals surface area contributed by atoms with Crippen molar-refractivity contribution in [2.24, 2.45) is 11.5 Å². The number of nitrogens with one attached hydrogen (secondary N) is 1. The van der Waals surface area contributed by atoms with E-state index in [4.69, 9.17) is 11.5 Å². The third-order valence-electron chi connectivity index (χ3n) is 4.92. The number of unbranched alkanes of at least 4 members (excludes halogenated alkanes) is 1. The van der Waals surface area contributed by atoms with Crippen LogP contribution in [0.15, 0.2) is 55.6 Å². The van der Waals surface area contributed by atoms with Gasteiger partial charge in [0, 0.05) is 17.2 Å². The highest BCUT2D eigenvalue weighted by Gasteiger charge is 2.20. The smallest absolute Gasteiger partial charge is 0.241 e. The quantitative estimate of drug-likeness (QED) is 0.264. The molecule has 7 heteroatoms. The lowest BCUT2D eigenvalue weighted by molar-refractivity contribution is -0.117. The zero-order valence-electron chi connectivity index (χ0n) is 17.6. The molecule has 0 saturated carbocycles. The van der Waals surface area contributed by atoms with E-state index in [0.717, 1.165) is 18.4 Å². The first kappa shape index (κ1) is 26.2. The monoisotopic (exact) mass is 445 g/mol. The minimum Gasteiger partial charge on any atom is -0.508 e. The van der Waals surface area contributed by atoms with Crippen LogP contribution in [0.2, 0.25) is 0 Å². The Balaban J connectivity index is 0.00000480. The molecule has 7 N–H and O–H groups in total. The minimum absolute atomic E-state index is 0. The number of hydrogen-bond acceptors (Lipinski definition) is 5. The second-order valence-electron chi connectivity index (χ2n) is 7.20. The zero-order valence-corrected chi connectivity index (χ0v) is 18.5. The van der Waals surface area contributed by atoms with Crippen molar-refractivity contribution in [1.29, 1.82) is 0 Å². The predicted molar refractivity (Wildman–Crippen MR) is 130 cm³/mol. The number of carbonyl (C=O) groups excluding carboxylic acids is 1. The summed E-state index contributed by atoms with van der Waals surface area (Å²) in [5.74, 6) is -0.390. The first-order valence-electron chi connectivity index (χ1n) is 10.1. The van der Waals surface area contributed by atoms with Crippen molar-refractivity contribution in [3.05, 3.63) is 66.8 Å². The summed E-state index contributed by atoms with van der Waals surface area (Å²) in [6.07, 6.45) is 6.52. The third kappa shape index (κ3) is 6.85. The Morgan fingerprint density at radius 1 is 1.03 bits per heavy atom. The molecule has 0 spiro atoms. The van der Waals surface area contributed by atoms with Crippen LogP contribution in [-0.2, 0) is 17.6 Å². The lowest BCUT2D eigenvalue weighted by atomic mass is 9.95. The number of allylic oxidation sites excluding steroid dienone is 2. The Labute approximate surface area is 190 Å². The van der Waals surface area contributed by atoms with Gasteiger partial charge in [-0.2, -0.15) is 0 Å². The number of amides is 1. The number of nitrogens with two attached hydrogens (primary N) is 2. The number of carbonyl (C=O) groups is 1. The van der Waals surface area contributed by atoms with Crippen LogP contribution >= 0.6 is 12.4 Å². The summed E-state index contributed by atoms with van der Waals surface area (Å²) in [4.78, 5) is 12.7. The zero-order chi connectivity index (χ0) is 22.1. The molecule has 0 radical (unpaired) electrons. The summed E-state index contributed by atoms with van der Waals surface area (Å²) >= 11 is 0. The Bertz CT molecular complexity index is 915. The molecule has 0 saturated heterocycles. The molecule has 0 fully saturated rings. The van der Waals surface area contributed by atoms with Crippen molar-refractivity contribution in [2.75, 3.05) is 11.9 Å². The van der Waals surface area contributed by atoms with Gasteiger partial charge in [-0.05, 0) is 49.4 Å². The van der Waals surface area contributed by atoms with Crippen LogP contribution in [0.25, 0.3) is 11.1 Å². The average molecular weight is 446 g/mol. The maximum absolute atomic E-state index is 12.7. The summed E-state index contributed by atoms with van der Waals surface area (Å²) in [6, 6.07) is 7.90. The lowest BCUT2D eigenvalue weighted by Crippen LogP contribution is -2.36. The number of hydrogen-bond donors (Lipinski definition) is 5. The topological polar surface area (TPSA) is 122 Å². The Kier molecular flexibility index (Phi) is 10.8. The normalized spacial score (nSPS) is 11.3. The number of aromatic hydroxyl groups is 2. The van der Waals surface area contributed by atoms with E-state index in [1.165, 1.54) is 6.07 Å². The van der Waals surface area contributed by atoms with Gasteiger partial charge in [-0.3, -0.25) is 4.79 Å². The molecule has 0 aliphatic heterocycles.